The van der Waals surface area contributed by atoms with Crippen LogP contribution in [0.3, 0.4) is 0 Å². The third kappa shape index (κ3) is 6.98. The average molecular weight is 510 g/mol. The summed E-state index contributed by atoms with van der Waals surface area (Å²) < 4.78 is 5.44. The smallest absolute Gasteiger partial charge is 0.414 e. The molecule has 0 aliphatic carbocycles. The molecule has 1 fully saturated rings. The number of aromatic nitrogens is 2. The number of carbonyl (C=O) groups is 4. The van der Waals surface area contributed by atoms with Gasteiger partial charge >= 0.3 is 11.9 Å². The molecule has 0 radical (unpaired) electrons. The molecule has 0 unspecified atom stereocenters. The predicted molar refractivity (Wildman–Crippen MR) is 132 cm³/mol. The van der Waals surface area contributed by atoms with Crippen molar-refractivity contribution < 1.29 is 33.9 Å². The first-order valence-corrected chi connectivity index (χ1v) is 11.3. The zero-order chi connectivity index (χ0) is 27.1. The van der Waals surface area contributed by atoms with E-state index in [0.29, 0.717) is 36.9 Å². The van der Waals surface area contributed by atoms with Crippen molar-refractivity contribution in [1.29, 1.82) is 0 Å². The largest absolute Gasteiger partial charge is 0.473 e. The van der Waals surface area contributed by atoms with Crippen LogP contribution in [-0.2, 0) is 14.4 Å². The van der Waals surface area contributed by atoms with E-state index in [-0.39, 0.29) is 17.7 Å². The van der Waals surface area contributed by atoms with Gasteiger partial charge in [0.25, 0.3) is 5.91 Å². The van der Waals surface area contributed by atoms with Gasteiger partial charge in [-0.2, -0.15) is 4.98 Å². The summed E-state index contributed by atoms with van der Waals surface area (Å²) >= 11 is 0. The number of hydrogen-bond acceptors (Lipinski definition) is 8. The maximum Gasteiger partial charge on any atom is 0.414 e. The van der Waals surface area contributed by atoms with Crippen LogP contribution in [0.15, 0.2) is 47.0 Å². The first kappa shape index (κ1) is 27.0. The summed E-state index contributed by atoms with van der Waals surface area (Å²) in [5.41, 5.74) is 4.34. The first-order valence-electron chi connectivity index (χ1n) is 11.3. The summed E-state index contributed by atoms with van der Waals surface area (Å²) in [6.07, 6.45) is 0. The molecule has 1 aliphatic rings. The number of carboxylic acids is 2. The van der Waals surface area contributed by atoms with Gasteiger partial charge in [0.2, 0.25) is 17.6 Å². The highest BCUT2D eigenvalue weighted by molar-refractivity contribution is 6.27. The number of nitrogens with zero attached hydrogens (tertiary/aromatic N) is 3. The zero-order valence-corrected chi connectivity index (χ0v) is 20.5. The highest BCUT2D eigenvalue weighted by Gasteiger charge is 2.33. The van der Waals surface area contributed by atoms with Crippen LogP contribution in [0.25, 0.3) is 11.4 Å². The molecule has 0 spiro atoms. The van der Waals surface area contributed by atoms with Gasteiger partial charge in [0.1, 0.15) is 0 Å². The molecule has 4 rings (SSSR count). The number of benzene rings is 2. The van der Waals surface area contributed by atoms with Crippen LogP contribution in [-0.4, -0.2) is 75.7 Å². The van der Waals surface area contributed by atoms with Gasteiger partial charge in [-0.15, -0.1) is 0 Å². The number of likely N-dealkylation sites (tertiary alicyclic amines) is 1. The van der Waals surface area contributed by atoms with Gasteiger partial charge in [0, 0.05) is 37.0 Å². The van der Waals surface area contributed by atoms with Gasteiger partial charge in [-0.25, -0.2) is 9.59 Å². The Bertz CT molecular complexity index is 1300. The van der Waals surface area contributed by atoms with Crippen molar-refractivity contribution in [2.45, 2.75) is 19.8 Å². The SMILES string of the molecule is CNC(=O)c1cccc(-c2noc(C3CN(CC(=O)Nc4cccc(C)c4C)C3)n2)c1.O=C(O)C(=O)O. The van der Waals surface area contributed by atoms with E-state index in [2.05, 4.69) is 20.8 Å². The lowest BCUT2D eigenvalue weighted by atomic mass is 10.00. The molecule has 12 nitrogen and oxygen atoms in total. The van der Waals surface area contributed by atoms with Crippen molar-refractivity contribution in [3.63, 3.8) is 0 Å². The summed E-state index contributed by atoms with van der Waals surface area (Å²) in [5, 5.41) is 24.4. The zero-order valence-electron chi connectivity index (χ0n) is 20.5. The first-order chi connectivity index (χ1) is 17.6. The molecule has 1 saturated heterocycles. The van der Waals surface area contributed by atoms with E-state index >= 15 is 0 Å². The fourth-order valence-electron chi connectivity index (χ4n) is 3.60. The quantitative estimate of drug-likeness (QED) is 0.359. The van der Waals surface area contributed by atoms with E-state index in [1.54, 1.807) is 25.2 Å². The van der Waals surface area contributed by atoms with Crippen molar-refractivity contribution >= 4 is 29.4 Å². The van der Waals surface area contributed by atoms with Gasteiger partial charge < -0.3 is 25.4 Å². The lowest BCUT2D eigenvalue weighted by molar-refractivity contribution is -0.159. The van der Waals surface area contributed by atoms with Crippen LogP contribution < -0.4 is 10.6 Å². The summed E-state index contributed by atoms with van der Waals surface area (Å²) in [6.45, 7) is 5.71. The molecule has 37 heavy (non-hydrogen) atoms. The van der Waals surface area contributed by atoms with Crippen LogP contribution >= 0.6 is 0 Å². The number of aryl methyl sites for hydroxylation is 1. The molecule has 0 atom stereocenters. The molecular formula is C25H27N5O7. The molecule has 0 bridgehead atoms. The molecule has 12 heteroatoms. The van der Waals surface area contributed by atoms with Gasteiger partial charge in [-0.05, 0) is 43.2 Å². The Labute approximate surface area is 212 Å². The van der Waals surface area contributed by atoms with Crippen LogP contribution in [0.5, 0.6) is 0 Å². The number of rotatable bonds is 6. The van der Waals surface area contributed by atoms with Crippen molar-refractivity contribution in [2.24, 2.45) is 0 Å². The second-order valence-electron chi connectivity index (χ2n) is 8.41. The summed E-state index contributed by atoms with van der Waals surface area (Å²) in [6, 6.07) is 13.0. The monoisotopic (exact) mass is 509 g/mol. The minimum atomic E-state index is -1.82. The average Bonchev–Trinajstić information content (AvgIpc) is 3.33. The predicted octanol–water partition coefficient (Wildman–Crippen LogP) is 1.91. The topological polar surface area (TPSA) is 175 Å². The lowest BCUT2D eigenvalue weighted by Crippen LogP contribution is -2.48. The molecule has 4 N–H and O–H groups in total. The molecule has 0 saturated carbocycles. The lowest BCUT2D eigenvalue weighted by Gasteiger charge is -2.36. The molecule has 194 valence electrons. The van der Waals surface area contributed by atoms with Gasteiger partial charge in [0.05, 0.1) is 12.5 Å². The van der Waals surface area contributed by atoms with E-state index in [1.807, 2.05) is 43.0 Å². The molecular weight excluding hydrogens is 482 g/mol. The number of hydrogen-bond donors (Lipinski definition) is 4. The van der Waals surface area contributed by atoms with Crippen LogP contribution in [0.2, 0.25) is 0 Å². The summed E-state index contributed by atoms with van der Waals surface area (Å²) in [4.78, 5) is 49.0. The maximum atomic E-state index is 12.4. The minimum Gasteiger partial charge on any atom is -0.473 e. The van der Waals surface area contributed by atoms with Crippen molar-refractivity contribution in [3.8, 4) is 11.4 Å². The Morgan fingerprint density at radius 3 is 2.38 bits per heavy atom. The van der Waals surface area contributed by atoms with Crippen molar-refractivity contribution in [2.75, 3.05) is 32.0 Å². The number of carbonyl (C=O) groups excluding carboxylic acids is 2. The highest BCUT2D eigenvalue weighted by Crippen LogP contribution is 2.28. The third-order valence-electron chi connectivity index (χ3n) is 5.79. The summed E-state index contributed by atoms with van der Waals surface area (Å²) in [5.74, 6) is -2.76. The van der Waals surface area contributed by atoms with Crippen molar-refractivity contribution in [3.05, 3.63) is 65.0 Å². The van der Waals surface area contributed by atoms with Crippen LogP contribution in [0.1, 0.15) is 33.3 Å². The molecule has 2 amide bonds. The van der Waals surface area contributed by atoms with E-state index < -0.39 is 11.9 Å². The third-order valence-corrected chi connectivity index (χ3v) is 5.79. The number of aliphatic carboxylic acids is 2. The van der Waals surface area contributed by atoms with Gasteiger partial charge in [0.15, 0.2) is 0 Å². The molecule has 2 aromatic carbocycles. The fourth-order valence-corrected chi connectivity index (χ4v) is 3.60. The van der Waals surface area contributed by atoms with E-state index in [9.17, 15) is 9.59 Å². The van der Waals surface area contributed by atoms with E-state index in [4.69, 9.17) is 24.3 Å². The fraction of sp³-hybridized carbons (Fsp3) is 0.280. The van der Waals surface area contributed by atoms with E-state index in [0.717, 1.165) is 22.4 Å². The Kier molecular flexibility index (Phi) is 8.69. The molecule has 1 aliphatic heterocycles. The number of anilines is 1. The second-order valence-corrected chi connectivity index (χ2v) is 8.41. The van der Waals surface area contributed by atoms with Crippen molar-refractivity contribution in [1.82, 2.24) is 20.4 Å². The highest BCUT2D eigenvalue weighted by atomic mass is 16.5. The molecule has 1 aromatic heterocycles. The number of carboxylic acid groups (broad SMARTS) is 2. The normalized spacial score (nSPS) is 13.1. The Morgan fingerprint density at radius 1 is 1.05 bits per heavy atom. The molecule has 3 aromatic rings. The Morgan fingerprint density at radius 2 is 1.73 bits per heavy atom. The summed E-state index contributed by atoms with van der Waals surface area (Å²) in [7, 11) is 1.59. The minimum absolute atomic E-state index is 0.0376. The van der Waals surface area contributed by atoms with Crippen LogP contribution in [0.4, 0.5) is 5.69 Å². The molecule has 2 heterocycles. The van der Waals surface area contributed by atoms with Gasteiger partial charge in [-0.1, -0.05) is 29.4 Å². The Hall–Kier alpha value is -4.58. The standard InChI is InChI=1S/C23H25N5O3.C2H2O4/c1-14-6-4-9-19(15(14)2)25-20(29)13-28-11-18(12-28)23-26-21(27-31-23)16-7-5-8-17(10-16)22(30)24-3;3-1(4)2(5)6/h4-10,18H,11-13H2,1-3H3,(H,24,30)(H,25,29);(H,3,4)(H,5,6). The number of amides is 2. The van der Waals surface area contributed by atoms with Gasteiger partial charge in [-0.3, -0.25) is 14.5 Å². The Balaban J connectivity index is 0.000000568. The second kappa shape index (κ2) is 11.9. The maximum absolute atomic E-state index is 12.4. The number of nitrogens with one attached hydrogen (secondary N) is 2. The van der Waals surface area contributed by atoms with E-state index in [1.165, 1.54) is 0 Å². The van der Waals surface area contributed by atoms with Crippen LogP contribution in [0, 0.1) is 13.8 Å².